The van der Waals surface area contributed by atoms with E-state index in [0.717, 1.165) is 21.5 Å². The van der Waals surface area contributed by atoms with Crippen molar-refractivity contribution in [2.24, 2.45) is 0 Å². The Labute approximate surface area is 173 Å². The second-order valence-corrected chi connectivity index (χ2v) is 7.53. The van der Waals surface area contributed by atoms with E-state index in [-0.39, 0.29) is 18.1 Å². The van der Waals surface area contributed by atoms with E-state index in [1.807, 2.05) is 42.6 Å². The van der Waals surface area contributed by atoms with Gasteiger partial charge in [-0.2, -0.15) is 0 Å². The Morgan fingerprint density at radius 2 is 2.00 bits per heavy atom. The highest BCUT2D eigenvalue weighted by molar-refractivity contribution is 7.17. The monoisotopic (exact) mass is 416 g/mol. The first-order chi connectivity index (χ1) is 14.0. The quantitative estimate of drug-likeness (QED) is 0.512. The van der Waals surface area contributed by atoms with E-state index in [4.69, 9.17) is 9.47 Å². The van der Waals surface area contributed by atoms with E-state index < -0.39 is 5.97 Å². The molecule has 2 aromatic heterocycles. The number of aryl methyl sites for hydroxylation is 1. The van der Waals surface area contributed by atoms with E-state index >= 15 is 0 Å². The van der Waals surface area contributed by atoms with Gasteiger partial charge in [-0.05, 0) is 42.1 Å². The van der Waals surface area contributed by atoms with Crippen LogP contribution < -0.4 is 4.90 Å². The molecule has 0 radical (unpaired) electrons. The fraction of sp³-hybridized carbons (Fsp3) is 0.333. The molecule has 1 N–H and O–H groups in total. The van der Waals surface area contributed by atoms with Crippen molar-refractivity contribution in [1.82, 2.24) is 4.57 Å². The van der Waals surface area contributed by atoms with Crippen molar-refractivity contribution in [2.75, 3.05) is 38.4 Å². The van der Waals surface area contributed by atoms with Gasteiger partial charge >= 0.3 is 5.97 Å². The Morgan fingerprint density at radius 3 is 2.72 bits per heavy atom. The normalized spacial score (nSPS) is 11.1. The number of amides is 1. The topological polar surface area (TPSA) is 81.0 Å². The zero-order chi connectivity index (χ0) is 20.8. The van der Waals surface area contributed by atoms with E-state index in [1.54, 1.807) is 22.6 Å². The smallest absolute Gasteiger partial charge is 0.352 e. The minimum Gasteiger partial charge on any atom is -0.477 e. The lowest BCUT2D eigenvalue weighted by Crippen LogP contribution is -2.37. The van der Waals surface area contributed by atoms with E-state index in [1.165, 1.54) is 11.3 Å². The van der Waals surface area contributed by atoms with Gasteiger partial charge in [-0.1, -0.05) is 12.1 Å². The summed E-state index contributed by atoms with van der Waals surface area (Å²) in [7, 11) is 1.61. The number of ether oxygens (including phenoxy) is 2. The highest BCUT2D eigenvalue weighted by Gasteiger charge is 2.22. The van der Waals surface area contributed by atoms with Crippen LogP contribution >= 0.6 is 11.3 Å². The summed E-state index contributed by atoms with van der Waals surface area (Å²) < 4.78 is 12.9. The van der Waals surface area contributed by atoms with Gasteiger partial charge in [0.2, 0.25) is 5.91 Å². The number of aromatic carboxylic acids is 1. The van der Waals surface area contributed by atoms with Crippen LogP contribution in [-0.4, -0.2) is 55.0 Å². The SMILES string of the molecule is COCCOCCN(C(=O)Cn1c(C(=O)O)cc2sccc21)c1cccc(C)c1. The van der Waals surface area contributed by atoms with Crippen LogP contribution in [0.1, 0.15) is 16.1 Å². The first-order valence-corrected chi connectivity index (χ1v) is 10.1. The number of nitrogens with zero attached hydrogens (tertiary/aromatic N) is 2. The Morgan fingerprint density at radius 1 is 1.17 bits per heavy atom. The molecule has 1 amide bonds. The van der Waals surface area contributed by atoms with Crippen LogP contribution in [-0.2, 0) is 20.8 Å². The zero-order valence-electron chi connectivity index (χ0n) is 16.5. The number of carboxylic acid groups (broad SMARTS) is 1. The molecule has 3 aromatic rings. The summed E-state index contributed by atoms with van der Waals surface area (Å²) in [4.78, 5) is 26.5. The van der Waals surface area contributed by atoms with Gasteiger partial charge in [-0.25, -0.2) is 4.79 Å². The summed E-state index contributed by atoms with van der Waals surface area (Å²) in [5, 5.41) is 11.4. The molecular formula is C21H24N2O5S. The molecule has 7 nitrogen and oxygen atoms in total. The Hall–Kier alpha value is -2.68. The predicted octanol–water partition coefficient (Wildman–Crippen LogP) is 3.41. The number of benzene rings is 1. The average molecular weight is 416 g/mol. The fourth-order valence-electron chi connectivity index (χ4n) is 3.14. The molecule has 154 valence electrons. The molecule has 2 heterocycles. The van der Waals surface area contributed by atoms with Crippen LogP contribution in [0.2, 0.25) is 0 Å². The Kier molecular flexibility index (Phi) is 7.03. The van der Waals surface area contributed by atoms with Gasteiger partial charge in [0.05, 0.1) is 30.0 Å². The van der Waals surface area contributed by atoms with Crippen LogP contribution in [0.15, 0.2) is 41.8 Å². The van der Waals surface area contributed by atoms with Gasteiger partial charge in [-0.3, -0.25) is 4.79 Å². The van der Waals surface area contributed by atoms with Gasteiger partial charge in [-0.15, -0.1) is 11.3 Å². The van der Waals surface area contributed by atoms with Gasteiger partial charge in [0.1, 0.15) is 12.2 Å². The third-order valence-electron chi connectivity index (χ3n) is 4.54. The number of carbonyl (C=O) groups excluding carboxylic acids is 1. The lowest BCUT2D eigenvalue weighted by molar-refractivity contribution is -0.119. The van der Waals surface area contributed by atoms with E-state index in [2.05, 4.69) is 0 Å². The molecule has 0 aliphatic rings. The summed E-state index contributed by atoms with van der Waals surface area (Å²) in [6.45, 7) is 3.55. The number of aromatic nitrogens is 1. The van der Waals surface area contributed by atoms with Gasteiger partial charge in [0.15, 0.2) is 0 Å². The van der Waals surface area contributed by atoms with Crippen LogP contribution in [0.5, 0.6) is 0 Å². The number of hydrogen-bond acceptors (Lipinski definition) is 5. The number of hydrogen-bond donors (Lipinski definition) is 1. The highest BCUT2D eigenvalue weighted by atomic mass is 32.1. The molecule has 0 saturated heterocycles. The third-order valence-corrected chi connectivity index (χ3v) is 5.39. The maximum atomic E-state index is 13.2. The van der Waals surface area contributed by atoms with Crippen molar-refractivity contribution in [3.05, 3.63) is 53.0 Å². The molecule has 29 heavy (non-hydrogen) atoms. The lowest BCUT2D eigenvalue weighted by atomic mass is 10.2. The molecule has 0 atom stereocenters. The number of carbonyl (C=O) groups is 2. The fourth-order valence-corrected chi connectivity index (χ4v) is 3.96. The van der Waals surface area contributed by atoms with Crippen molar-refractivity contribution in [3.63, 3.8) is 0 Å². The molecule has 1 aromatic carbocycles. The summed E-state index contributed by atoms with van der Waals surface area (Å²) in [5.41, 5.74) is 2.66. The first kappa shape index (κ1) is 21.0. The number of methoxy groups -OCH3 is 1. The van der Waals surface area contributed by atoms with E-state index in [0.29, 0.717) is 26.4 Å². The minimum atomic E-state index is -1.05. The second kappa shape index (κ2) is 9.69. The Bertz CT molecular complexity index is 994. The molecule has 3 rings (SSSR count). The average Bonchev–Trinajstić information content (AvgIpc) is 3.27. The molecule has 0 spiro atoms. The molecule has 0 fully saturated rings. The van der Waals surface area contributed by atoms with Crippen molar-refractivity contribution < 1.29 is 24.2 Å². The summed E-state index contributed by atoms with van der Waals surface area (Å²) >= 11 is 1.45. The largest absolute Gasteiger partial charge is 0.477 e. The van der Waals surface area contributed by atoms with Crippen LogP contribution in [0, 0.1) is 6.92 Å². The molecule has 0 bridgehead atoms. The van der Waals surface area contributed by atoms with Crippen LogP contribution in [0.25, 0.3) is 10.2 Å². The van der Waals surface area contributed by atoms with Crippen molar-refractivity contribution >= 4 is 39.1 Å². The summed E-state index contributed by atoms with van der Waals surface area (Å²) in [5.74, 6) is -1.25. The molecule has 0 aliphatic carbocycles. The predicted molar refractivity (Wildman–Crippen MR) is 113 cm³/mol. The number of thiophene rings is 1. The zero-order valence-corrected chi connectivity index (χ0v) is 17.3. The number of fused-ring (bicyclic) bond motifs is 1. The molecule has 8 heteroatoms. The summed E-state index contributed by atoms with van der Waals surface area (Å²) in [6, 6.07) is 11.1. The van der Waals surface area contributed by atoms with Crippen LogP contribution in [0.4, 0.5) is 5.69 Å². The molecule has 0 unspecified atom stereocenters. The van der Waals surface area contributed by atoms with Crippen molar-refractivity contribution in [3.8, 4) is 0 Å². The lowest BCUT2D eigenvalue weighted by Gasteiger charge is -2.24. The van der Waals surface area contributed by atoms with Crippen LogP contribution in [0.3, 0.4) is 0 Å². The van der Waals surface area contributed by atoms with Gasteiger partial charge in [0.25, 0.3) is 0 Å². The Balaban J connectivity index is 1.83. The number of rotatable bonds is 10. The van der Waals surface area contributed by atoms with Gasteiger partial charge < -0.3 is 24.0 Å². The van der Waals surface area contributed by atoms with Gasteiger partial charge in [0, 0.05) is 19.3 Å². The maximum Gasteiger partial charge on any atom is 0.352 e. The second-order valence-electron chi connectivity index (χ2n) is 6.58. The van der Waals surface area contributed by atoms with Crippen molar-refractivity contribution in [2.45, 2.75) is 13.5 Å². The van der Waals surface area contributed by atoms with E-state index in [9.17, 15) is 14.7 Å². The maximum absolute atomic E-state index is 13.2. The highest BCUT2D eigenvalue weighted by Crippen LogP contribution is 2.26. The molecule has 0 aliphatic heterocycles. The number of anilines is 1. The third kappa shape index (κ3) is 5.03. The minimum absolute atomic E-state index is 0.0616. The standard InChI is InChI=1S/C21H24N2O5S/c1-15-4-3-5-16(12-15)22(7-8-28-10-9-27-2)20(24)14-23-17-6-11-29-19(17)13-18(23)21(25)26/h3-6,11-13H,7-10,14H2,1-2H3,(H,25,26). The molecule has 0 saturated carbocycles. The van der Waals surface area contributed by atoms with Crippen molar-refractivity contribution in [1.29, 1.82) is 0 Å². The molecular weight excluding hydrogens is 392 g/mol. The first-order valence-electron chi connectivity index (χ1n) is 9.25. The summed E-state index contributed by atoms with van der Waals surface area (Å²) in [6.07, 6.45) is 0. The number of carboxylic acids is 1.